The fourth-order valence-corrected chi connectivity index (χ4v) is 2.16. The van der Waals surface area contributed by atoms with E-state index in [1.807, 2.05) is 6.07 Å². The van der Waals surface area contributed by atoms with Crippen molar-refractivity contribution in [1.29, 1.82) is 0 Å². The molecule has 0 aliphatic carbocycles. The highest BCUT2D eigenvalue weighted by Crippen LogP contribution is 2.16. The smallest absolute Gasteiger partial charge is 0.123 e. The second-order valence-electron chi connectivity index (χ2n) is 5.01. The Bertz CT molecular complexity index is 539. The summed E-state index contributed by atoms with van der Waals surface area (Å²) in [5.74, 6) is 0.444. The first-order valence-corrected chi connectivity index (χ1v) is 7.45. The van der Waals surface area contributed by atoms with Crippen LogP contribution in [0.3, 0.4) is 0 Å². The summed E-state index contributed by atoms with van der Waals surface area (Å²) in [6.07, 6.45) is 2.14. The molecule has 112 valence electrons. The van der Waals surface area contributed by atoms with Gasteiger partial charge >= 0.3 is 0 Å². The zero-order valence-corrected chi connectivity index (χ0v) is 12.4. The van der Waals surface area contributed by atoms with Crippen LogP contribution in [0.1, 0.15) is 24.5 Å². The van der Waals surface area contributed by atoms with E-state index in [1.54, 1.807) is 12.1 Å². The summed E-state index contributed by atoms with van der Waals surface area (Å²) in [6, 6.07) is 14.4. The van der Waals surface area contributed by atoms with Gasteiger partial charge in [0.2, 0.25) is 0 Å². The number of hydrogen-bond donors (Lipinski definition) is 1. The van der Waals surface area contributed by atoms with Crippen molar-refractivity contribution < 1.29 is 9.13 Å². The average Bonchev–Trinajstić information content (AvgIpc) is 2.52. The third kappa shape index (κ3) is 5.20. The molecule has 2 nitrogen and oxygen atoms in total. The first-order chi connectivity index (χ1) is 10.3. The molecule has 0 bridgehead atoms. The van der Waals surface area contributed by atoms with E-state index in [4.69, 9.17) is 4.74 Å². The normalized spacial score (nSPS) is 10.6. The number of hydrogen-bond acceptors (Lipinski definition) is 2. The predicted octanol–water partition coefficient (Wildman–Crippen LogP) is 3.95. The van der Waals surface area contributed by atoms with Crippen LogP contribution in [0.4, 0.5) is 4.39 Å². The molecule has 0 atom stereocenters. The van der Waals surface area contributed by atoms with Crippen LogP contribution in [-0.2, 0) is 13.0 Å². The van der Waals surface area contributed by atoms with Gasteiger partial charge in [0.25, 0.3) is 0 Å². The van der Waals surface area contributed by atoms with Crippen molar-refractivity contribution >= 4 is 0 Å². The SMILES string of the molecule is CCCNCCc1ccccc1COc1ccc(F)cc1. The quantitative estimate of drug-likeness (QED) is 0.742. The Hall–Kier alpha value is -1.87. The first-order valence-electron chi connectivity index (χ1n) is 7.45. The van der Waals surface area contributed by atoms with Crippen LogP contribution in [0.25, 0.3) is 0 Å². The molecule has 0 unspecified atom stereocenters. The molecule has 0 heterocycles. The molecule has 0 saturated heterocycles. The predicted molar refractivity (Wildman–Crippen MR) is 84.0 cm³/mol. The molecule has 2 aromatic rings. The van der Waals surface area contributed by atoms with Gasteiger partial charge in [-0.2, -0.15) is 0 Å². The van der Waals surface area contributed by atoms with E-state index in [0.29, 0.717) is 12.4 Å². The number of benzene rings is 2. The highest BCUT2D eigenvalue weighted by Gasteiger charge is 2.03. The van der Waals surface area contributed by atoms with Gasteiger partial charge in [-0.15, -0.1) is 0 Å². The van der Waals surface area contributed by atoms with Crippen molar-refractivity contribution in [3.63, 3.8) is 0 Å². The summed E-state index contributed by atoms with van der Waals surface area (Å²) in [4.78, 5) is 0. The van der Waals surface area contributed by atoms with Crippen molar-refractivity contribution in [3.05, 3.63) is 65.5 Å². The molecule has 0 saturated carbocycles. The van der Waals surface area contributed by atoms with Crippen molar-refractivity contribution in [3.8, 4) is 5.75 Å². The zero-order valence-electron chi connectivity index (χ0n) is 12.4. The van der Waals surface area contributed by atoms with Crippen molar-refractivity contribution in [2.45, 2.75) is 26.4 Å². The highest BCUT2D eigenvalue weighted by atomic mass is 19.1. The largest absolute Gasteiger partial charge is 0.489 e. The van der Waals surface area contributed by atoms with Crippen LogP contribution in [0, 0.1) is 5.82 Å². The number of rotatable bonds is 8. The summed E-state index contributed by atoms with van der Waals surface area (Å²) < 4.78 is 18.6. The molecule has 0 amide bonds. The van der Waals surface area contributed by atoms with Gasteiger partial charge in [0.1, 0.15) is 18.2 Å². The van der Waals surface area contributed by atoms with Gasteiger partial charge in [-0.05, 0) is 61.3 Å². The Labute approximate surface area is 126 Å². The molecule has 21 heavy (non-hydrogen) atoms. The average molecular weight is 287 g/mol. The lowest BCUT2D eigenvalue weighted by Crippen LogP contribution is -2.18. The topological polar surface area (TPSA) is 21.3 Å². The molecule has 0 fully saturated rings. The molecule has 0 radical (unpaired) electrons. The summed E-state index contributed by atoms with van der Waals surface area (Å²) in [6.45, 7) is 4.70. The van der Waals surface area contributed by atoms with Crippen LogP contribution in [0.15, 0.2) is 48.5 Å². The van der Waals surface area contributed by atoms with Crippen LogP contribution < -0.4 is 10.1 Å². The molecule has 1 N–H and O–H groups in total. The lowest BCUT2D eigenvalue weighted by Gasteiger charge is -2.11. The lowest BCUT2D eigenvalue weighted by atomic mass is 10.1. The second-order valence-corrected chi connectivity index (χ2v) is 5.01. The fourth-order valence-electron chi connectivity index (χ4n) is 2.16. The molecule has 0 aliphatic heterocycles. The van der Waals surface area contributed by atoms with Crippen LogP contribution >= 0.6 is 0 Å². The number of ether oxygens (including phenoxy) is 1. The van der Waals surface area contributed by atoms with E-state index >= 15 is 0 Å². The minimum Gasteiger partial charge on any atom is -0.489 e. The lowest BCUT2D eigenvalue weighted by molar-refractivity contribution is 0.304. The highest BCUT2D eigenvalue weighted by molar-refractivity contribution is 5.28. The Balaban J connectivity index is 1.91. The van der Waals surface area contributed by atoms with E-state index in [1.165, 1.54) is 23.3 Å². The monoisotopic (exact) mass is 287 g/mol. The van der Waals surface area contributed by atoms with Gasteiger partial charge in [-0.3, -0.25) is 0 Å². The molecule has 2 rings (SSSR count). The Morgan fingerprint density at radius 3 is 2.38 bits per heavy atom. The summed E-state index contributed by atoms with van der Waals surface area (Å²) in [5.41, 5.74) is 2.48. The molecule has 0 aliphatic rings. The summed E-state index contributed by atoms with van der Waals surface area (Å²) >= 11 is 0. The van der Waals surface area contributed by atoms with Crippen molar-refractivity contribution in [2.75, 3.05) is 13.1 Å². The van der Waals surface area contributed by atoms with Gasteiger partial charge < -0.3 is 10.1 Å². The maximum Gasteiger partial charge on any atom is 0.123 e. The zero-order chi connectivity index (χ0) is 14.9. The standard InChI is InChI=1S/C18H22FNO/c1-2-12-20-13-11-15-5-3-4-6-16(15)14-21-18-9-7-17(19)8-10-18/h3-10,20H,2,11-14H2,1H3. The number of nitrogens with one attached hydrogen (secondary N) is 1. The van der Waals surface area contributed by atoms with Gasteiger partial charge in [0.15, 0.2) is 0 Å². The number of halogens is 1. The fraction of sp³-hybridized carbons (Fsp3) is 0.333. The van der Waals surface area contributed by atoms with Gasteiger partial charge in [-0.1, -0.05) is 31.2 Å². The first kappa shape index (κ1) is 15.5. The Morgan fingerprint density at radius 1 is 0.952 bits per heavy atom. The maximum atomic E-state index is 12.9. The maximum absolute atomic E-state index is 12.9. The second kappa shape index (κ2) is 8.42. The van der Waals surface area contributed by atoms with Crippen molar-refractivity contribution in [2.24, 2.45) is 0 Å². The third-order valence-corrected chi connectivity index (χ3v) is 3.32. The molecule has 2 aromatic carbocycles. The van der Waals surface area contributed by atoms with Gasteiger partial charge in [0.05, 0.1) is 0 Å². The van der Waals surface area contributed by atoms with Crippen LogP contribution in [-0.4, -0.2) is 13.1 Å². The van der Waals surface area contributed by atoms with Crippen LogP contribution in [0.2, 0.25) is 0 Å². The summed E-state index contributed by atoms with van der Waals surface area (Å²) in [5, 5.41) is 3.41. The summed E-state index contributed by atoms with van der Waals surface area (Å²) in [7, 11) is 0. The van der Waals surface area contributed by atoms with E-state index in [0.717, 1.165) is 25.9 Å². The van der Waals surface area contributed by atoms with Crippen LogP contribution in [0.5, 0.6) is 5.75 Å². The Morgan fingerprint density at radius 2 is 1.67 bits per heavy atom. The van der Waals surface area contributed by atoms with E-state index in [9.17, 15) is 4.39 Å². The van der Waals surface area contributed by atoms with Crippen molar-refractivity contribution in [1.82, 2.24) is 5.32 Å². The molecule has 3 heteroatoms. The molecular formula is C18H22FNO. The minimum atomic E-state index is -0.246. The van der Waals surface area contributed by atoms with E-state index < -0.39 is 0 Å². The van der Waals surface area contributed by atoms with E-state index in [2.05, 4.69) is 30.4 Å². The third-order valence-electron chi connectivity index (χ3n) is 3.32. The molecule has 0 spiro atoms. The van der Waals surface area contributed by atoms with Gasteiger partial charge in [-0.25, -0.2) is 4.39 Å². The minimum absolute atomic E-state index is 0.246. The molecular weight excluding hydrogens is 265 g/mol. The van der Waals surface area contributed by atoms with E-state index in [-0.39, 0.29) is 5.82 Å². The van der Waals surface area contributed by atoms with Gasteiger partial charge in [0, 0.05) is 0 Å². The Kier molecular flexibility index (Phi) is 6.22. The molecule has 0 aromatic heterocycles.